The first-order chi connectivity index (χ1) is 10.2. The molecule has 0 spiro atoms. The Hall–Kier alpha value is -2.29. The van der Waals surface area contributed by atoms with Crippen molar-refractivity contribution in [1.82, 2.24) is 30.5 Å². The molecule has 0 atom stereocenters. The molecular weight excluding hydrogens is 276 g/mol. The summed E-state index contributed by atoms with van der Waals surface area (Å²) in [5.74, 6) is 0.951. The molecule has 1 fully saturated rings. The highest BCUT2D eigenvalue weighted by Gasteiger charge is 2.22. The number of carbonyl (C=O) groups excluding carboxylic acids is 1. The van der Waals surface area contributed by atoms with Gasteiger partial charge < -0.3 is 14.5 Å². The molecular formula is C12H16N6O3. The van der Waals surface area contributed by atoms with Crippen LogP contribution in [0.15, 0.2) is 10.7 Å². The number of carbonyl (C=O) groups is 1. The standard InChI is InChI=1S/C12H16N6O3/c1-18-16-10(15-17-18)6-13-11(19)9-7-21-12(14-9)8-2-4-20-5-3-8/h7-8H,2-6H2,1H3,(H,13,19). The van der Waals surface area contributed by atoms with Crippen molar-refractivity contribution in [2.75, 3.05) is 13.2 Å². The van der Waals surface area contributed by atoms with E-state index in [-0.39, 0.29) is 24.1 Å². The van der Waals surface area contributed by atoms with Crippen molar-refractivity contribution in [3.8, 4) is 0 Å². The van der Waals surface area contributed by atoms with Crippen LogP contribution in [-0.4, -0.2) is 44.3 Å². The van der Waals surface area contributed by atoms with Gasteiger partial charge in [-0.15, -0.1) is 10.2 Å². The summed E-state index contributed by atoms with van der Waals surface area (Å²) in [5.41, 5.74) is 0.264. The lowest BCUT2D eigenvalue weighted by Gasteiger charge is -2.18. The topological polar surface area (TPSA) is 108 Å². The molecule has 1 aliphatic rings. The van der Waals surface area contributed by atoms with Gasteiger partial charge in [0, 0.05) is 19.1 Å². The predicted molar refractivity (Wildman–Crippen MR) is 69.3 cm³/mol. The Labute approximate surface area is 120 Å². The molecule has 9 nitrogen and oxygen atoms in total. The zero-order chi connectivity index (χ0) is 14.7. The van der Waals surface area contributed by atoms with Gasteiger partial charge in [-0.05, 0) is 18.1 Å². The largest absolute Gasteiger partial charge is 0.448 e. The van der Waals surface area contributed by atoms with E-state index < -0.39 is 0 Å². The predicted octanol–water partition coefficient (Wildman–Crippen LogP) is 0.0221. The molecule has 1 aliphatic heterocycles. The Morgan fingerprint density at radius 2 is 2.29 bits per heavy atom. The lowest BCUT2D eigenvalue weighted by atomic mass is 10.0. The Morgan fingerprint density at radius 3 is 3.00 bits per heavy atom. The molecule has 21 heavy (non-hydrogen) atoms. The summed E-state index contributed by atoms with van der Waals surface area (Å²) in [5, 5.41) is 14.1. The Balaban J connectivity index is 1.58. The number of amides is 1. The van der Waals surface area contributed by atoms with Gasteiger partial charge in [0.25, 0.3) is 5.91 Å². The van der Waals surface area contributed by atoms with Gasteiger partial charge in [-0.25, -0.2) is 4.98 Å². The highest BCUT2D eigenvalue weighted by Crippen LogP contribution is 2.25. The summed E-state index contributed by atoms with van der Waals surface area (Å²) < 4.78 is 10.7. The first kappa shape index (κ1) is 13.7. The number of rotatable bonds is 4. The quantitative estimate of drug-likeness (QED) is 0.846. The second-order valence-electron chi connectivity index (χ2n) is 4.84. The van der Waals surface area contributed by atoms with Crippen LogP contribution in [-0.2, 0) is 18.3 Å². The normalized spacial score (nSPS) is 16.0. The highest BCUT2D eigenvalue weighted by molar-refractivity contribution is 5.91. The van der Waals surface area contributed by atoms with Crippen molar-refractivity contribution in [3.05, 3.63) is 23.7 Å². The van der Waals surface area contributed by atoms with Crippen molar-refractivity contribution in [2.45, 2.75) is 25.3 Å². The number of nitrogens with one attached hydrogen (secondary N) is 1. The van der Waals surface area contributed by atoms with Crippen molar-refractivity contribution >= 4 is 5.91 Å². The van der Waals surface area contributed by atoms with E-state index in [1.54, 1.807) is 7.05 Å². The zero-order valence-corrected chi connectivity index (χ0v) is 11.7. The summed E-state index contributed by atoms with van der Waals surface area (Å²) in [6.07, 6.45) is 3.11. The fraction of sp³-hybridized carbons (Fsp3) is 0.583. The first-order valence-corrected chi connectivity index (χ1v) is 6.76. The molecule has 0 bridgehead atoms. The summed E-state index contributed by atoms with van der Waals surface area (Å²) in [4.78, 5) is 17.6. The van der Waals surface area contributed by atoms with Crippen LogP contribution in [0.4, 0.5) is 0 Å². The van der Waals surface area contributed by atoms with Crippen LogP contribution in [0.1, 0.15) is 41.0 Å². The molecule has 0 aliphatic carbocycles. The molecule has 1 saturated heterocycles. The maximum atomic E-state index is 12.0. The monoisotopic (exact) mass is 292 g/mol. The second-order valence-corrected chi connectivity index (χ2v) is 4.84. The Morgan fingerprint density at radius 1 is 1.48 bits per heavy atom. The molecule has 1 amide bonds. The van der Waals surface area contributed by atoms with Crippen molar-refractivity contribution in [1.29, 1.82) is 0 Å². The minimum atomic E-state index is -0.315. The second kappa shape index (κ2) is 6.00. The van der Waals surface area contributed by atoms with Crippen LogP contribution >= 0.6 is 0 Å². The van der Waals surface area contributed by atoms with Crippen molar-refractivity contribution < 1.29 is 13.9 Å². The SMILES string of the molecule is Cn1nnc(CNC(=O)c2coc(C3CCOCC3)n2)n1. The smallest absolute Gasteiger partial charge is 0.273 e. The summed E-state index contributed by atoms with van der Waals surface area (Å²) >= 11 is 0. The third-order valence-corrected chi connectivity index (χ3v) is 3.28. The average Bonchev–Trinajstić information content (AvgIpc) is 3.15. The maximum absolute atomic E-state index is 12.0. The number of aromatic nitrogens is 5. The number of aryl methyl sites for hydroxylation is 1. The molecule has 9 heteroatoms. The lowest BCUT2D eigenvalue weighted by molar-refractivity contribution is 0.0794. The molecule has 0 saturated carbocycles. The van der Waals surface area contributed by atoms with Crippen LogP contribution in [0.3, 0.4) is 0 Å². The summed E-state index contributed by atoms with van der Waals surface area (Å²) in [7, 11) is 1.66. The van der Waals surface area contributed by atoms with Crippen LogP contribution in [0.2, 0.25) is 0 Å². The van der Waals surface area contributed by atoms with Crippen LogP contribution in [0.5, 0.6) is 0 Å². The molecule has 0 radical (unpaired) electrons. The van der Waals surface area contributed by atoms with Gasteiger partial charge >= 0.3 is 0 Å². The van der Waals surface area contributed by atoms with Gasteiger partial charge in [0.1, 0.15) is 6.26 Å². The molecule has 2 aromatic rings. The number of tetrazole rings is 1. The van der Waals surface area contributed by atoms with E-state index in [1.165, 1.54) is 11.1 Å². The lowest BCUT2D eigenvalue weighted by Crippen LogP contribution is -2.24. The van der Waals surface area contributed by atoms with E-state index >= 15 is 0 Å². The number of ether oxygens (including phenoxy) is 1. The van der Waals surface area contributed by atoms with Crippen LogP contribution < -0.4 is 5.32 Å². The first-order valence-electron chi connectivity index (χ1n) is 6.76. The number of hydrogen-bond donors (Lipinski definition) is 1. The average molecular weight is 292 g/mol. The van der Waals surface area contributed by atoms with E-state index in [9.17, 15) is 4.79 Å². The number of nitrogens with zero attached hydrogens (tertiary/aromatic N) is 5. The van der Waals surface area contributed by atoms with Gasteiger partial charge in [0.2, 0.25) is 0 Å². The Bertz CT molecular complexity index is 616. The number of oxazole rings is 1. The fourth-order valence-corrected chi connectivity index (χ4v) is 2.17. The van der Waals surface area contributed by atoms with E-state index in [4.69, 9.17) is 9.15 Å². The van der Waals surface area contributed by atoms with Gasteiger partial charge in [0.15, 0.2) is 17.4 Å². The van der Waals surface area contributed by atoms with Gasteiger partial charge in [-0.2, -0.15) is 4.80 Å². The van der Waals surface area contributed by atoms with E-state index in [1.807, 2.05) is 0 Å². The van der Waals surface area contributed by atoms with Crippen molar-refractivity contribution in [2.24, 2.45) is 7.05 Å². The van der Waals surface area contributed by atoms with Crippen LogP contribution in [0, 0.1) is 0 Å². The van der Waals surface area contributed by atoms with Gasteiger partial charge in [-0.3, -0.25) is 4.79 Å². The summed E-state index contributed by atoms with van der Waals surface area (Å²) in [6.45, 7) is 1.60. The van der Waals surface area contributed by atoms with E-state index in [0.717, 1.165) is 12.8 Å². The minimum absolute atomic E-state index is 0.201. The van der Waals surface area contributed by atoms with Gasteiger partial charge in [-0.1, -0.05) is 0 Å². The van der Waals surface area contributed by atoms with E-state index in [2.05, 4.69) is 25.7 Å². The van der Waals surface area contributed by atoms with E-state index in [0.29, 0.717) is 24.9 Å². The third-order valence-electron chi connectivity index (χ3n) is 3.28. The molecule has 1 N–H and O–H groups in total. The summed E-state index contributed by atoms with van der Waals surface area (Å²) in [6, 6.07) is 0. The minimum Gasteiger partial charge on any atom is -0.448 e. The zero-order valence-electron chi connectivity index (χ0n) is 11.7. The molecule has 0 unspecified atom stereocenters. The molecule has 3 rings (SSSR count). The molecule has 2 aromatic heterocycles. The fourth-order valence-electron chi connectivity index (χ4n) is 2.17. The molecule has 112 valence electrons. The van der Waals surface area contributed by atoms with Crippen molar-refractivity contribution in [3.63, 3.8) is 0 Å². The number of hydrogen-bond acceptors (Lipinski definition) is 7. The molecule has 0 aromatic carbocycles. The third kappa shape index (κ3) is 3.24. The highest BCUT2D eigenvalue weighted by atomic mass is 16.5. The van der Waals surface area contributed by atoms with Gasteiger partial charge in [0.05, 0.1) is 13.6 Å². The van der Waals surface area contributed by atoms with Crippen LogP contribution in [0.25, 0.3) is 0 Å². The maximum Gasteiger partial charge on any atom is 0.273 e. The molecule has 3 heterocycles. The Kier molecular flexibility index (Phi) is 3.91.